The van der Waals surface area contributed by atoms with Crippen molar-refractivity contribution in [1.29, 1.82) is 0 Å². The lowest BCUT2D eigenvalue weighted by Crippen LogP contribution is -2.43. The number of amides is 1. The predicted molar refractivity (Wildman–Crippen MR) is 83.8 cm³/mol. The van der Waals surface area contributed by atoms with Crippen molar-refractivity contribution in [1.82, 2.24) is 4.90 Å². The van der Waals surface area contributed by atoms with E-state index in [2.05, 4.69) is 4.72 Å². The second kappa shape index (κ2) is 6.64. The Hall–Kier alpha value is -1.63. The molecule has 122 valence electrons. The van der Waals surface area contributed by atoms with Crippen molar-refractivity contribution in [3.63, 3.8) is 0 Å². The fraction of sp³-hybridized carbons (Fsp3) is 0.533. The molecule has 0 spiro atoms. The van der Waals surface area contributed by atoms with Gasteiger partial charge < -0.3 is 4.90 Å². The zero-order valence-electron chi connectivity index (χ0n) is 12.8. The van der Waals surface area contributed by atoms with Gasteiger partial charge in [0.25, 0.3) is 5.91 Å². The molecule has 2 rings (SSSR count). The standard InChI is InChI=1S/C15H21FN2O3S/c1-3-12-6-4-5-9-18(12)15(19)11-7-8-13(16)14(10-11)17-22(2,20)21/h7-8,10,12,17H,3-6,9H2,1-2H3/t12-/m0/s1. The third-order valence-corrected chi connectivity index (χ3v) is 4.46. The zero-order valence-corrected chi connectivity index (χ0v) is 13.6. The van der Waals surface area contributed by atoms with Gasteiger partial charge in [-0.2, -0.15) is 0 Å². The van der Waals surface area contributed by atoms with Crippen LogP contribution in [0.15, 0.2) is 18.2 Å². The molecule has 0 saturated carbocycles. The smallest absolute Gasteiger partial charge is 0.254 e. The first-order valence-corrected chi connectivity index (χ1v) is 9.29. The number of hydrogen-bond acceptors (Lipinski definition) is 3. The first-order valence-electron chi connectivity index (χ1n) is 7.40. The highest BCUT2D eigenvalue weighted by atomic mass is 32.2. The molecule has 0 aromatic heterocycles. The summed E-state index contributed by atoms with van der Waals surface area (Å²) in [5, 5.41) is 0. The molecule has 1 aromatic rings. The molecule has 0 unspecified atom stereocenters. The zero-order chi connectivity index (χ0) is 16.3. The molecule has 0 radical (unpaired) electrons. The molecule has 7 heteroatoms. The largest absolute Gasteiger partial charge is 0.336 e. The third kappa shape index (κ3) is 3.97. The number of hydrogen-bond donors (Lipinski definition) is 1. The van der Waals surface area contributed by atoms with Crippen LogP contribution in [0.2, 0.25) is 0 Å². The molecular weight excluding hydrogens is 307 g/mol. The summed E-state index contributed by atoms with van der Waals surface area (Å²) in [5.41, 5.74) is 0.103. The van der Waals surface area contributed by atoms with Crippen molar-refractivity contribution in [2.75, 3.05) is 17.5 Å². The monoisotopic (exact) mass is 328 g/mol. The summed E-state index contributed by atoms with van der Waals surface area (Å²) < 4.78 is 38.3. The molecule has 1 N–H and O–H groups in total. The molecule has 22 heavy (non-hydrogen) atoms. The van der Waals surface area contributed by atoms with E-state index in [0.717, 1.165) is 38.0 Å². The number of nitrogens with one attached hydrogen (secondary N) is 1. The van der Waals surface area contributed by atoms with Crippen LogP contribution >= 0.6 is 0 Å². The fourth-order valence-corrected chi connectivity index (χ4v) is 3.35. The molecule has 1 atom stereocenters. The second-order valence-electron chi connectivity index (χ2n) is 5.63. The van der Waals surface area contributed by atoms with Gasteiger partial charge in [0.15, 0.2) is 0 Å². The van der Waals surface area contributed by atoms with Crippen LogP contribution in [0, 0.1) is 5.82 Å². The maximum absolute atomic E-state index is 13.7. The molecule has 1 aliphatic rings. The highest BCUT2D eigenvalue weighted by Gasteiger charge is 2.26. The SMILES string of the molecule is CC[C@H]1CCCCN1C(=O)c1ccc(F)c(NS(C)(=O)=O)c1. The molecule has 1 amide bonds. The van der Waals surface area contributed by atoms with E-state index in [1.165, 1.54) is 12.1 Å². The van der Waals surface area contributed by atoms with Crippen LogP contribution in [-0.4, -0.2) is 38.1 Å². The van der Waals surface area contributed by atoms with E-state index in [1.54, 1.807) is 4.90 Å². The molecule has 5 nitrogen and oxygen atoms in total. The summed E-state index contributed by atoms with van der Waals surface area (Å²) in [6.45, 7) is 2.72. The van der Waals surface area contributed by atoms with Crippen molar-refractivity contribution in [3.8, 4) is 0 Å². The number of carbonyl (C=O) groups excluding carboxylic acids is 1. The Bertz CT molecular complexity index is 661. The summed E-state index contributed by atoms with van der Waals surface area (Å²) in [6.07, 6.45) is 4.85. The maximum Gasteiger partial charge on any atom is 0.254 e. The Balaban J connectivity index is 2.28. The topological polar surface area (TPSA) is 66.5 Å². The van der Waals surface area contributed by atoms with Gasteiger partial charge in [0.05, 0.1) is 11.9 Å². The Morgan fingerprint density at radius 1 is 1.41 bits per heavy atom. The van der Waals surface area contributed by atoms with Crippen LogP contribution in [-0.2, 0) is 10.0 Å². The Morgan fingerprint density at radius 2 is 2.14 bits per heavy atom. The number of piperidine rings is 1. The summed E-state index contributed by atoms with van der Waals surface area (Å²) >= 11 is 0. The minimum Gasteiger partial charge on any atom is -0.336 e. The number of nitrogens with zero attached hydrogens (tertiary/aromatic N) is 1. The lowest BCUT2D eigenvalue weighted by Gasteiger charge is -2.35. The lowest BCUT2D eigenvalue weighted by atomic mass is 9.99. The number of sulfonamides is 1. The van der Waals surface area contributed by atoms with Crippen LogP contribution in [0.1, 0.15) is 43.0 Å². The fourth-order valence-electron chi connectivity index (χ4n) is 2.79. The van der Waals surface area contributed by atoms with Crippen LogP contribution in [0.25, 0.3) is 0 Å². The van der Waals surface area contributed by atoms with E-state index < -0.39 is 15.8 Å². The van der Waals surface area contributed by atoms with E-state index in [0.29, 0.717) is 12.1 Å². The van der Waals surface area contributed by atoms with Crippen molar-refractivity contribution in [2.24, 2.45) is 0 Å². The number of rotatable bonds is 4. The molecule has 1 fully saturated rings. The van der Waals surface area contributed by atoms with Crippen molar-refractivity contribution >= 4 is 21.6 Å². The summed E-state index contributed by atoms with van der Waals surface area (Å²) in [4.78, 5) is 14.4. The van der Waals surface area contributed by atoms with Gasteiger partial charge in [0.1, 0.15) is 5.82 Å². The Kier molecular flexibility index (Phi) is 5.05. The number of likely N-dealkylation sites (tertiary alicyclic amines) is 1. The molecule has 1 aliphatic heterocycles. The minimum absolute atomic E-state index is 0.178. The van der Waals surface area contributed by atoms with Gasteiger partial charge in [-0.25, -0.2) is 12.8 Å². The summed E-state index contributed by atoms with van der Waals surface area (Å²) in [5.74, 6) is -0.879. The predicted octanol–water partition coefficient (Wildman–Crippen LogP) is 2.60. The van der Waals surface area contributed by atoms with Gasteiger partial charge in [0.2, 0.25) is 10.0 Å². The maximum atomic E-state index is 13.7. The Morgan fingerprint density at radius 3 is 2.77 bits per heavy atom. The summed E-state index contributed by atoms with van der Waals surface area (Å²) in [6, 6.07) is 3.97. The lowest BCUT2D eigenvalue weighted by molar-refractivity contribution is 0.0608. The van der Waals surface area contributed by atoms with Crippen molar-refractivity contribution in [3.05, 3.63) is 29.6 Å². The first kappa shape index (κ1) is 16.7. The molecule has 1 aromatic carbocycles. The normalized spacial score (nSPS) is 19.0. The van der Waals surface area contributed by atoms with Gasteiger partial charge in [-0.05, 0) is 43.9 Å². The van der Waals surface area contributed by atoms with Gasteiger partial charge >= 0.3 is 0 Å². The minimum atomic E-state index is -3.60. The van der Waals surface area contributed by atoms with Gasteiger partial charge in [-0.1, -0.05) is 6.92 Å². The molecule has 0 bridgehead atoms. The van der Waals surface area contributed by atoms with E-state index in [4.69, 9.17) is 0 Å². The number of anilines is 1. The molecule has 1 saturated heterocycles. The highest BCUT2D eigenvalue weighted by Crippen LogP contribution is 2.24. The Labute approximate surface area is 130 Å². The third-order valence-electron chi connectivity index (χ3n) is 3.87. The quantitative estimate of drug-likeness (QED) is 0.924. The van der Waals surface area contributed by atoms with Crippen LogP contribution < -0.4 is 4.72 Å². The second-order valence-corrected chi connectivity index (χ2v) is 7.37. The van der Waals surface area contributed by atoms with Crippen molar-refractivity contribution in [2.45, 2.75) is 38.6 Å². The van der Waals surface area contributed by atoms with E-state index in [9.17, 15) is 17.6 Å². The number of halogens is 1. The average Bonchev–Trinajstić information content (AvgIpc) is 2.47. The van der Waals surface area contributed by atoms with Crippen LogP contribution in [0.4, 0.5) is 10.1 Å². The van der Waals surface area contributed by atoms with Gasteiger partial charge in [-0.3, -0.25) is 9.52 Å². The van der Waals surface area contributed by atoms with Crippen LogP contribution in [0.5, 0.6) is 0 Å². The van der Waals surface area contributed by atoms with Crippen molar-refractivity contribution < 1.29 is 17.6 Å². The van der Waals surface area contributed by atoms with E-state index >= 15 is 0 Å². The van der Waals surface area contributed by atoms with E-state index in [1.807, 2.05) is 6.92 Å². The highest BCUT2D eigenvalue weighted by molar-refractivity contribution is 7.92. The van der Waals surface area contributed by atoms with E-state index in [-0.39, 0.29) is 17.6 Å². The van der Waals surface area contributed by atoms with Gasteiger partial charge in [-0.15, -0.1) is 0 Å². The number of benzene rings is 1. The van der Waals surface area contributed by atoms with Crippen LogP contribution in [0.3, 0.4) is 0 Å². The molecule has 0 aliphatic carbocycles. The summed E-state index contributed by atoms with van der Waals surface area (Å²) in [7, 11) is -3.60. The van der Waals surface area contributed by atoms with Gasteiger partial charge in [0, 0.05) is 18.2 Å². The molecular formula is C15H21FN2O3S. The molecule has 1 heterocycles. The average molecular weight is 328 g/mol. The first-order chi connectivity index (χ1) is 10.3. The number of carbonyl (C=O) groups is 1.